The first-order chi connectivity index (χ1) is 15.6. The van der Waals surface area contributed by atoms with E-state index in [0.29, 0.717) is 23.4 Å². The van der Waals surface area contributed by atoms with E-state index in [0.717, 1.165) is 17.0 Å². The van der Waals surface area contributed by atoms with E-state index in [4.69, 9.17) is 14.2 Å². The first-order valence-electron chi connectivity index (χ1n) is 10.6. The number of carbonyl (C=O) groups is 1. The number of nitrogens with zero attached hydrogens (tertiary/aromatic N) is 2. The second-order valence-corrected chi connectivity index (χ2v) is 8.69. The maximum atomic E-state index is 11.9. The number of fused-ring (bicyclic) bond motifs is 2. The van der Waals surface area contributed by atoms with Crippen molar-refractivity contribution in [1.82, 2.24) is 0 Å². The van der Waals surface area contributed by atoms with Crippen molar-refractivity contribution in [3.8, 4) is 11.5 Å². The Morgan fingerprint density at radius 1 is 1.24 bits per heavy atom. The Hall–Kier alpha value is -3.81. The van der Waals surface area contributed by atoms with E-state index in [1.165, 1.54) is 12.1 Å². The van der Waals surface area contributed by atoms with Gasteiger partial charge in [-0.05, 0) is 62.8 Å². The van der Waals surface area contributed by atoms with Crippen LogP contribution in [0.2, 0.25) is 0 Å². The molecule has 0 saturated heterocycles. The minimum Gasteiger partial charge on any atom is -0.497 e. The highest BCUT2D eigenvalue weighted by Gasteiger charge is 2.59. The molecular weight excluding hydrogens is 424 g/mol. The lowest BCUT2D eigenvalue weighted by Gasteiger charge is -2.47. The molecule has 1 unspecified atom stereocenters. The fourth-order valence-corrected chi connectivity index (χ4v) is 4.48. The molecular formula is C25H26N2O6. The number of anilines is 1. The molecule has 0 fully saturated rings. The van der Waals surface area contributed by atoms with Crippen LogP contribution in [-0.4, -0.2) is 36.9 Å². The van der Waals surface area contributed by atoms with Crippen LogP contribution < -0.4 is 14.4 Å². The SMILES string of the molecule is C=C(C)C(=O)OCCN1c2ccc(OC)cc2C(C)(C)C12C=Cc1cc([N+](=O)[O-])ccc1O2. The van der Waals surface area contributed by atoms with Gasteiger partial charge in [0.25, 0.3) is 5.69 Å². The largest absolute Gasteiger partial charge is 0.497 e. The van der Waals surface area contributed by atoms with Gasteiger partial charge >= 0.3 is 5.97 Å². The molecule has 4 rings (SSSR count). The molecule has 0 aromatic heterocycles. The van der Waals surface area contributed by atoms with Crippen molar-refractivity contribution >= 4 is 23.4 Å². The van der Waals surface area contributed by atoms with Crippen molar-refractivity contribution in [1.29, 1.82) is 0 Å². The van der Waals surface area contributed by atoms with Gasteiger partial charge in [-0.15, -0.1) is 0 Å². The molecule has 2 aliphatic heterocycles. The normalized spacial score (nSPS) is 19.5. The molecule has 1 atom stereocenters. The van der Waals surface area contributed by atoms with Crippen molar-refractivity contribution in [2.24, 2.45) is 0 Å². The van der Waals surface area contributed by atoms with Gasteiger partial charge in [0.1, 0.15) is 18.1 Å². The minimum absolute atomic E-state index is 0.000202. The van der Waals surface area contributed by atoms with Gasteiger partial charge in [-0.2, -0.15) is 0 Å². The lowest BCUT2D eigenvalue weighted by atomic mass is 9.76. The Morgan fingerprint density at radius 3 is 2.67 bits per heavy atom. The Balaban J connectivity index is 1.77. The zero-order chi connectivity index (χ0) is 24.0. The monoisotopic (exact) mass is 450 g/mol. The zero-order valence-corrected chi connectivity index (χ0v) is 19.1. The van der Waals surface area contributed by atoms with Gasteiger partial charge in [0, 0.05) is 29.0 Å². The lowest BCUT2D eigenvalue weighted by Crippen LogP contribution is -2.60. The topological polar surface area (TPSA) is 91.1 Å². The molecule has 2 heterocycles. The van der Waals surface area contributed by atoms with Crippen LogP contribution in [0.15, 0.2) is 54.6 Å². The van der Waals surface area contributed by atoms with Gasteiger partial charge in [0.05, 0.1) is 24.0 Å². The van der Waals surface area contributed by atoms with Gasteiger partial charge in [-0.3, -0.25) is 10.1 Å². The van der Waals surface area contributed by atoms with Gasteiger partial charge in [-0.1, -0.05) is 6.58 Å². The molecule has 33 heavy (non-hydrogen) atoms. The second kappa shape index (κ2) is 7.95. The number of benzene rings is 2. The molecule has 1 spiro atoms. The standard InChI is InChI=1S/C25H26N2O6/c1-16(2)23(28)32-13-12-26-21-8-7-19(31-5)15-20(21)24(3,4)25(26)11-10-17-14-18(27(29)30)6-9-22(17)33-25/h6-11,14-15H,1,12-13H2,2-5H3. The summed E-state index contributed by atoms with van der Waals surface area (Å²) in [6.07, 6.45) is 3.77. The molecule has 2 aromatic carbocycles. The van der Waals surface area contributed by atoms with E-state index in [9.17, 15) is 14.9 Å². The maximum absolute atomic E-state index is 11.9. The third-order valence-electron chi connectivity index (χ3n) is 6.32. The minimum atomic E-state index is -0.944. The Labute approximate surface area is 192 Å². The summed E-state index contributed by atoms with van der Waals surface area (Å²) in [5, 5.41) is 11.2. The molecule has 172 valence electrons. The third kappa shape index (κ3) is 3.51. The first-order valence-corrected chi connectivity index (χ1v) is 10.6. The highest BCUT2D eigenvalue weighted by Crippen LogP contribution is 2.55. The van der Waals surface area contributed by atoms with Gasteiger partial charge in [0.15, 0.2) is 0 Å². The predicted octanol–water partition coefficient (Wildman–Crippen LogP) is 4.62. The molecule has 2 aliphatic rings. The zero-order valence-electron chi connectivity index (χ0n) is 19.1. The van der Waals surface area contributed by atoms with Crippen molar-refractivity contribution in [3.63, 3.8) is 0 Å². The van der Waals surface area contributed by atoms with Crippen molar-refractivity contribution in [2.45, 2.75) is 31.9 Å². The van der Waals surface area contributed by atoms with E-state index in [2.05, 4.69) is 25.3 Å². The number of hydrogen-bond donors (Lipinski definition) is 0. The fraction of sp³-hybridized carbons (Fsp3) is 0.320. The molecule has 0 saturated carbocycles. The molecule has 2 aromatic rings. The van der Waals surface area contributed by atoms with Crippen LogP contribution in [0, 0.1) is 10.1 Å². The van der Waals surface area contributed by atoms with E-state index < -0.39 is 22.0 Å². The number of esters is 1. The lowest BCUT2D eigenvalue weighted by molar-refractivity contribution is -0.384. The third-order valence-corrected chi connectivity index (χ3v) is 6.32. The summed E-state index contributed by atoms with van der Waals surface area (Å²) in [6, 6.07) is 10.4. The smallest absolute Gasteiger partial charge is 0.333 e. The average molecular weight is 450 g/mol. The number of nitro benzene ring substituents is 1. The highest BCUT2D eigenvalue weighted by atomic mass is 16.6. The summed E-state index contributed by atoms with van der Waals surface area (Å²) in [6.45, 7) is 9.89. The summed E-state index contributed by atoms with van der Waals surface area (Å²) in [5.74, 6) is 0.818. The quantitative estimate of drug-likeness (QED) is 0.274. The average Bonchev–Trinajstić information content (AvgIpc) is 2.96. The highest BCUT2D eigenvalue weighted by molar-refractivity contribution is 5.87. The van der Waals surface area contributed by atoms with Crippen molar-refractivity contribution < 1.29 is 23.9 Å². The van der Waals surface area contributed by atoms with Crippen molar-refractivity contribution in [2.75, 3.05) is 25.2 Å². The van der Waals surface area contributed by atoms with Gasteiger partial charge in [0.2, 0.25) is 5.72 Å². The van der Waals surface area contributed by atoms with Crippen LogP contribution in [0.25, 0.3) is 6.08 Å². The summed E-state index contributed by atoms with van der Waals surface area (Å²) in [4.78, 5) is 24.8. The number of rotatable bonds is 6. The number of carbonyl (C=O) groups excluding carboxylic acids is 1. The molecule has 0 N–H and O–H groups in total. The molecule has 0 aliphatic carbocycles. The van der Waals surface area contributed by atoms with Crippen LogP contribution in [0.5, 0.6) is 11.5 Å². The van der Waals surface area contributed by atoms with Crippen LogP contribution in [0.1, 0.15) is 31.9 Å². The number of non-ortho nitro benzene ring substituents is 1. The Kier molecular flexibility index (Phi) is 5.40. The first kappa shape index (κ1) is 22.4. The van der Waals surface area contributed by atoms with Crippen LogP contribution in [-0.2, 0) is 14.9 Å². The number of methoxy groups -OCH3 is 1. The summed E-state index contributed by atoms with van der Waals surface area (Å²) in [7, 11) is 1.62. The summed E-state index contributed by atoms with van der Waals surface area (Å²) in [5.41, 5.74) is 1.44. The second-order valence-electron chi connectivity index (χ2n) is 8.69. The van der Waals surface area contributed by atoms with E-state index in [1.54, 1.807) is 20.1 Å². The van der Waals surface area contributed by atoms with E-state index in [1.807, 2.05) is 30.4 Å². The molecule has 0 radical (unpaired) electrons. The Bertz CT molecular complexity index is 1190. The van der Waals surface area contributed by atoms with Crippen LogP contribution in [0.4, 0.5) is 11.4 Å². The number of hydrogen-bond acceptors (Lipinski definition) is 7. The van der Waals surface area contributed by atoms with E-state index >= 15 is 0 Å². The summed E-state index contributed by atoms with van der Waals surface area (Å²) < 4.78 is 17.5. The molecule has 8 nitrogen and oxygen atoms in total. The van der Waals surface area contributed by atoms with E-state index in [-0.39, 0.29) is 12.3 Å². The number of nitro groups is 1. The summed E-state index contributed by atoms with van der Waals surface area (Å²) >= 11 is 0. The van der Waals surface area contributed by atoms with Crippen LogP contribution in [0.3, 0.4) is 0 Å². The van der Waals surface area contributed by atoms with Gasteiger partial charge < -0.3 is 19.1 Å². The molecule has 8 heteroatoms. The van der Waals surface area contributed by atoms with Crippen LogP contribution >= 0.6 is 0 Å². The number of ether oxygens (including phenoxy) is 3. The van der Waals surface area contributed by atoms with Gasteiger partial charge in [-0.25, -0.2) is 4.79 Å². The van der Waals surface area contributed by atoms with Crippen molar-refractivity contribution in [3.05, 3.63) is 75.9 Å². The Morgan fingerprint density at radius 2 is 2.00 bits per heavy atom. The molecule has 0 amide bonds. The fourth-order valence-electron chi connectivity index (χ4n) is 4.48. The molecule has 0 bridgehead atoms. The maximum Gasteiger partial charge on any atom is 0.333 e. The predicted molar refractivity (Wildman–Crippen MR) is 125 cm³/mol.